The van der Waals surface area contributed by atoms with Gasteiger partial charge in [-0.25, -0.2) is 4.79 Å². The van der Waals surface area contributed by atoms with Crippen molar-refractivity contribution in [3.63, 3.8) is 0 Å². The van der Waals surface area contributed by atoms with Gasteiger partial charge in [-0.2, -0.15) is 0 Å². The molecule has 1 fully saturated rings. The van der Waals surface area contributed by atoms with Crippen LogP contribution in [0.1, 0.15) is 0 Å². The number of rotatable bonds is 0. The van der Waals surface area contributed by atoms with Gasteiger partial charge in [-0.05, 0) is 0 Å². The molecule has 0 aromatic heterocycles. The Morgan fingerprint density at radius 3 is 1.40 bits per heavy atom. The molecule has 1 rings (SSSR count). The number of halogens is 3. The smallest absolute Gasteiger partial charge is 1.00 e. The van der Waals surface area contributed by atoms with E-state index in [4.69, 9.17) is 0 Å². The van der Waals surface area contributed by atoms with Crippen LogP contribution in [0.15, 0.2) is 0 Å². The van der Waals surface area contributed by atoms with Crippen LogP contribution in [0.4, 0.5) is 4.79 Å². The zero-order valence-corrected chi connectivity index (χ0v) is 8.27. The van der Waals surface area contributed by atoms with E-state index in [1.54, 1.807) is 0 Å². The second-order valence-electron chi connectivity index (χ2n) is 0.947. The third kappa shape index (κ3) is 8.67. The third-order valence-corrected chi connectivity index (χ3v) is 0.523. The number of carbonyl (C=O) groups is 1. The Morgan fingerprint density at radius 1 is 1.00 bits per heavy atom. The van der Waals surface area contributed by atoms with E-state index in [-0.39, 0.29) is 54.6 Å². The van der Waals surface area contributed by atoms with E-state index in [9.17, 15) is 4.79 Å². The fourth-order valence-corrected chi connectivity index (χ4v) is 0.292. The third-order valence-electron chi connectivity index (χ3n) is 0.523. The van der Waals surface area contributed by atoms with Gasteiger partial charge in [-0.3, -0.25) is 0 Å². The molecule has 0 atom stereocenters. The Balaban J connectivity index is -0.0000000450. The summed E-state index contributed by atoms with van der Waals surface area (Å²) in [6.45, 7) is 0.831. The van der Waals surface area contributed by atoms with Crippen molar-refractivity contribution in [2.45, 2.75) is 0 Å². The zero-order chi connectivity index (χ0) is 4.41. The van der Waals surface area contributed by atoms with Crippen LogP contribution in [-0.4, -0.2) is 36.7 Å². The molecule has 0 aromatic rings. The molecule has 0 amide bonds. The molecule has 0 spiro atoms. The van der Waals surface area contributed by atoms with Crippen LogP contribution >= 0.6 is 0 Å². The largest absolute Gasteiger partial charge is 3.00 e. The van der Waals surface area contributed by atoms with E-state index in [0.29, 0.717) is 13.2 Å². The van der Waals surface area contributed by atoms with Crippen LogP contribution in [0.25, 0.3) is 0 Å². The van der Waals surface area contributed by atoms with Crippen LogP contribution in [0.3, 0.4) is 0 Å². The van der Waals surface area contributed by atoms with Crippen LogP contribution in [0, 0.1) is 0 Å². The standard InChI is InChI=1S/C3H4O3.Al.3ClH/c4-3-5-1-2-6-3;;;;/h1-2H2;;3*1H/q;+3;;;/p-3. The van der Waals surface area contributed by atoms with E-state index in [0.717, 1.165) is 0 Å². The molecule has 7 heteroatoms. The molecule has 0 saturated carbocycles. The van der Waals surface area contributed by atoms with E-state index in [1.165, 1.54) is 0 Å². The SMILES string of the molecule is O=C1OCCO1.[Al+3].[Cl-].[Cl-].[Cl-]. The van der Waals surface area contributed by atoms with Crippen molar-refractivity contribution in [3.8, 4) is 0 Å². The van der Waals surface area contributed by atoms with Gasteiger partial charge in [0, 0.05) is 0 Å². The molecule has 1 aliphatic rings. The summed E-state index contributed by atoms with van der Waals surface area (Å²) in [5, 5.41) is 0. The Hall–Kier alpha value is 0.672. The number of ether oxygens (including phenoxy) is 2. The molecule has 0 aliphatic carbocycles. The zero-order valence-electron chi connectivity index (χ0n) is 4.85. The van der Waals surface area contributed by atoms with E-state index >= 15 is 0 Å². The predicted molar refractivity (Wildman–Crippen MR) is 23.1 cm³/mol. The maximum absolute atomic E-state index is 9.80. The van der Waals surface area contributed by atoms with Crippen LogP contribution in [-0.2, 0) is 9.47 Å². The average Bonchev–Trinajstić information content (AvgIpc) is 1.86. The minimum absolute atomic E-state index is 0. The molecule has 0 unspecified atom stereocenters. The van der Waals surface area contributed by atoms with E-state index < -0.39 is 6.16 Å². The van der Waals surface area contributed by atoms with Gasteiger partial charge < -0.3 is 46.7 Å². The average molecular weight is 221 g/mol. The molecule has 3 nitrogen and oxygen atoms in total. The Bertz CT molecular complexity index is 73.4. The van der Waals surface area contributed by atoms with Gasteiger partial charge in [0.2, 0.25) is 0 Å². The molecule has 0 aromatic carbocycles. The maximum Gasteiger partial charge on any atom is 3.00 e. The molecule has 1 heterocycles. The van der Waals surface area contributed by atoms with Crippen molar-refractivity contribution in [2.75, 3.05) is 13.2 Å². The molecule has 0 bridgehead atoms. The summed E-state index contributed by atoms with van der Waals surface area (Å²) in [6.07, 6.45) is -0.546. The Kier molecular flexibility index (Phi) is 27.7. The molecule has 58 valence electrons. The molecular weight excluding hydrogens is 217 g/mol. The number of hydrogen-bond acceptors (Lipinski definition) is 3. The van der Waals surface area contributed by atoms with Gasteiger partial charge in [0.05, 0.1) is 0 Å². The summed E-state index contributed by atoms with van der Waals surface area (Å²) in [6, 6.07) is 0. The van der Waals surface area contributed by atoms with Gasteiger partial charge in [-0.15, -0.1) is 0 Å². The predicted octanol–water partition coefficient (Wildman–Crippen LogP) is -9.22. The summed E-state index contributed by atoms with van der Waals surface area (Å²) in [7, 11) is 0. The summed E-state index contributed by atoms with van der Waals surface area (Å²) in [4.78, 5) is 9.80. The molecule has 1 saturated heterocycles. The topological polar surface area (TPSA) is 35.5 Å². The van der Waals surface area contributed by atoms with Gasteiger partial charge in [-0.1, -0.05) is 0 Å². The quantitative estimate of drug-likeness (QED) is 0.301. The Morgan fingerprint density at radius 2 is 1.30 bits per heavy atom. The fraction of sp³-hybridized carbons (Fsp3) is 0.667. The molecule has 10 heavy (non-hydrogen) atoms. The van der Waals surface area contributed by atoms with Crippen LogP contribution in [0.2, 0.25) is 0 Å². The van der Waals surface area contributed by atoms with Crippen molar-refractivity contribution in [1.82, 2.24) is 0 Å². The van der Waals surface area contributed by atoms with E-state index in [2.05, 4.69) is 9.47 Å². The maximum atomic E-state index is 9.80. The molecule has 1 aliphatic heterocycles. The van der Waals surface area contributed by atoms with Crippen LogP contribution < -0.4 is 37.2 Å². The molecular formula is C3H4AlCl3O3. The van der Waals surface area contributed by atoms with Gasteiger partial charge in [0.25, 0.3) is 0 Å². The van der Waals surface area contributed by atoms with Crippen LogP contribution in [0.5, 0.6) is 0 Å². The second kappa shape index (κ2) is 12.4. The normalized spacial score (nSPS) is 11.8. The monoisotopic (exact) mass is 220 g/mol. The van der Waals surface area contributed by atoms with Crippen molar-refractivity contribution in [2.24, 2.45) is 0 Å². The summed E-state index contributed by atoms with van der Waals surface area (Å²) in [5.41, 5.74) is 0. The minimum Gasteiger partial charge on any atom is -1.00 e. The first kappa shape index (κ1) is 22.4. The summed E-state index contributed by atoms with van der Waals surface area (Å²) in [5.74, 6) is 0. The van der Waals surface area contributed by atoms with E-state index in [1.807, 2.05) is 0 Å². The first-order valence-electron chi connectivity index (χ1n) is 1.69. The number of carbonyl (C=O) groups excluding carboxylic acids is 1. The van der Waals surface area contributed by atoms with Gasteiger partial charge >= 0.3 is 23.5 Å². The van der Waals surface area contributed by atoms with Gasteiger partial charge in [0.15, 0.2) is 0 Å². The van der Waals surface area contributed by atoms with Crippen molar-refractivity contribution >= 4 is 23.5 Å². The fourth-order valence-electron chi connectivity index (χ4n) is 0.292. The number of hydrogen-bond donors (Lipinski definition) is 0. The summed E-state index contributed by atoms with van der Waals surface area (Å²) < 4.78 is 8.58. The molecule has 0 radical (unpaired) electrons. The van der Waals surface area contributed by atoms with Crippen molar-refractivity contribution < 1.29 is 51.5 Å². The minimum atomic E-state index is -0.546. The summed E-state index contributed by atoms with van der Waals surface area (Å²) >= 11 is 0. The first-order chi connectivity index (χ1) is 2.89. The van der Waals surface area contributed by atoms with Crippen molar-refractivity contribution in [1.29, 1.82) is 0 Å². The Labute approximate surface area is 88.2 Å². The van der Waals surface area contributed by atoms with Gasteiger partial charge in [0.1, 0.15) is 13.2 Å². The number of cyclic esters (lactones) is 2. The van der Waals surface area contributed by atoms with Crippen molar-refractivity contribution in [3.05, 3.63) is 0 Å². The molecule has 0 N–H and O–H groups in total. The second-order valence-corrected chi connectivity index (χ2v) is 0.947. The first-order valence-corrected chi connectivity index (χ1v) is 1.69.